The van der Waals surface area contributed by atoms with Crippen molar-refractivity contribution < 1.29 is 4.74 Å². The van der Waals surface area contributed by atoms with Crippen molar-refractivity contribution in [3.05, 3.63) is 24.3 Å². The minimum Gasteiger partial charge on any atom is -0.494 e. The molecule has 1 fully saturated rings. The minimum absolute atomic E-state index is 0.790. The quantitative estimate of drug-likeness (QED) is 0.555. The Morgan fingerprint density at radius 3 is 2.75 bits per heavy atom. The Hall–Kier alpha value is -1.22. The fourth-order valence-corrected chi connectivity index (χ4v) is 3.50. The number of likely N-dealkylation sites (N-methyl/N-ethyl adjacent to an activating group) is 1. The maximum Gasteiger partial charge on any atom is 0.121 e. The fourth-order valence-electron chi connectivity index (χ4n) is 3.50. The van der Waals surface area contributed by atoms with E-state index in [-0.39, 0.29) is 0 Å². The molecule has 2 rings (SSSR count). The van der Waals surface area contributed by atoms with E-state index in [4.69, 9.17) is 4.74 Å². The van der Waals surface area contributed by atoms with E-state index in [1.165, 1.54) is 51.4 Å². The van der Waals surface area contributed by atoms with Crippen molar-refractivity contribution in [3.63, 3.8) is 0 Å². The second kappa shape index (κ2) is 11.4. The van der Waals surface area contributed by atoms with Crippen LogP contribution in [0.4, 0.5) is 5.69 Å². The maximum absolute atomic E-state index is 5.87. The molecule has 0 atom stereocenters. The number of benzene rings is 1. The number of nitrogens with zero attached hydrogens (tertiary/aromatic N) is 1. The van der Waals surface area contributed by atoms with Gasteiger partial charge in [-0.2, -0.15) is 0 Å². The second-order valence-electron chi connectivity index (χ2n) is 7.14. The summed E-state index contributed by atoms with van der Waals surface area (Å²) >= 11 is 0. The van der Waals surface area contributed by atoms with Crippen molar-refractivity contribution in [2.75, 3.05) is 32.1 Å². The molecule has 24 heavy (non-hydrogen) atoms. The largest absolute Gasteiger partial charge is 0.494 e. The molecule has 1 aromatic carbocycles. The smallest absolute Gasteiger partial charge is 0.121 e. The SMILES string of the molecule is CCCCCCOc1cccc(NCCN(C)C2CCCCC2)c1. The Labute approximate surface area is 148 Å². The highest BCUT2D eigenvalue weighted by Crippen LogP contribution is 2.21. The van der Waals surface area contributed by atoms with Crippen molar-refractivity contribution in [2.24, 2.45) is 0 Å². The average Bonchev–Trinajstić information content (AvgIpc) is 2.62. The number of nitrogens with one attached hydrogen (secondary N) is 1. The van der Waals surface area contributed by atoms with Gasteiger partial charge in [-0.15, -0.1) is 0 Å². The van der Waals surface area contributed by atoms with E-state index in [0.717, 1.165) is 43.6 Å². The topological polar surface area (TPSA) is 24.5 Å². The van der Waals surface area contributed by atoms with Gasteiger partial charge in [0.2, 0.25) is 0 Å². The summed E-state index contributed by atoms with van der Waals surface area (Å²) in [6, 6.07) is 9.18. The monoisotopic (exact) mass is 332 g/mol. The molecule has 136 valence electrons. The van der Waals surface area contributed by atoms with Crippen LogP contribution in [0.2, 0.25) is 0 Å². The van der Waals surface area contributed by atoms with E-state index >= 15 is 0 Å². The van der Waals surface area contributed by atoms with Gasteiger partial charge in [-0.25, -0.2) is 0 Å². The van der Waals surface area contributed by atoms with Crippen LogP contribution in [-0.4, -0.2) is 37.7 Å². The molecule has 1 aliphatic rings. The number of anilines is 1. The van der Waals surface area contributed by atoms with Crippen LogP contribution in [0.5, 0.6) is 5.75 Å². The Kier molecular flexibility index (Phi) is 9.04. The highest BCUT2D eigenvalue weighted by atomic mass is 16.5. The number of hydrogen-bond acceptors (Lipinski definition) is 3. The van der Waals surface area contributed by atoms with Crippen LogP contribution in [-0.2, 0) is 0 Å². The van der Waals surface area contributed by atoms with Gasteiger partial charge in [0.25, 0.3) is 0 Å². The first kappa shape index (κ1) is 19.1. The molecule has 1 aromatic rings. The van der Waals surface area contributed by atoms with Crippen molar-refractivity contribution in [1.29, 1.82) is 0 Å². The molecule has 0 amide bonds. The summed E-state index contributed by atoms with van der Waals surface area (Å²) in [6.45, 7) is 5.16. The number of rotatable bonds is 11. The highest BCUT2D eigenvalue weighted by molar-refractivity contribution is 5.48. The lowest BCUT2D eigenvalue weighted by Gasteiger charge is -2.31. The third-order valence-electron chi connectivity index (χ3n) is 5.09. The summed E-state index contributed by atoms with van der Waals surface area (Å²) in [7, 11) is 2.27. The van der Waals surface area contributed by atoms with Crippen LogP contribution in [0.25, 0.3) is 0 Å². The molecule has 0 bridgehead atoms. The lowest BCUT2D eigenvalue weighted by Crippen LogP contribution is -2.36. The first-order valence-electron chi connectivity index (χ1n) is 9.96. The van der Waals surface area contributed by atoms with Crippen LogP contribution < -0.4 is 10.1 Å². The molecule has 3 nitrogen and oxygen atoms in total. The zero-order valence-corrected chi connectivity index (χ0v) is 15.7. The molecule has 0 spiro atoms. The van der Waals surface area contributed by atoms with E-state index < -0.39 is 0 Å². The third-order valence-corrected chi connectivity index (χ3v) is 5.09. The lowest BCUT2D eigenvalue weighted by atomic mass is 9.94. The van der Waals surface area contributed by atoms with Crippen LogP contribution in [0.15, 0.2) is 24.3 Å². The summed E-state index contributed by atoms with van der Waals surface area (Å²) in [5.41, 5.74) is 1.16. The second-order valence-corrected chi connectivity index (χ2v) is 7.14. The van der Waals surface area contributed by atoms with E-state index in [9.17, 15) is 0 Å². The lowest BCUT2D eigenvalue weighted by molar-refractivity contribution is 0.198. The molecule has 0 aliphatic heterocycles. The molecule has 0 heterocycles. The summed E-state index contributed by atoms with van der Waals surface area (Å²) in [5, 5.41) is 3.54. The van der Waals surface area contributed by atoms with Crippen LogP contribution in [0, 0.1) is 0 Å². The molecule has 0 saturated heterocycles. The summed E-state index contributed by atoms with van der Waals surface area (Å²) in [6.07, 6.45) is 12.0. The van der Waals surface area contributed by atoms with Crippen LogP contribution in [0.1, 0.15) is 64.7 Å². The van der Waals surface area contributed by atoms with Gasteiger partial charge in [-0.3, -0.25) is 0 Å². The molecule has 0 radical (unpaired) electrons. The molecule has 0 aromatic heterocycles. The maximum atomic E-state index is 5.87. The van der Waals surface area contributed by atoms with E-state index in [2.05, 4.69) is 48.5 Å². The summed E-state index contributed by atoms with van der Waals surface area (Å²) in [4.78, 5) is 2.53. The van der Waals surface area contributed by atoms with E-state index in [1.807, 2.05) is 0 Å². The molecular weight excluding hydrogens is 296 g/mol. The molecule has 1 N–H and O–H groups in total. The predicted octanol–water partition coefficient (Wildman–Crippen LogP) is 5.32. The van der Waals surface area contributed by atoms with Gasteiger partial charge in [-0.05, 0) is 38.4 Å². The summed E-state index contributed by atoms with van der Waals surface area (Å²) < 4.78 is 5.87. The van der Waals surface area contributed by atoms with Crippen LogP contribution in [0.3, 0.4) is 0 Å². The van der Waals surface area contributed by atoms with Gasteiger partial charge in [0.05, 0.1) is 6.61 Å². The standard InChI is InChI=1S/C21H36N2O/c1-3-4-5-9-17-24-21-14-10-11-19(18-21)22-15-16-23(2)20-12-7-6-8-13-20/h10-11,14,18,20,22H,3-9,12-13,15-17H2,1-2H3. The number of ether oxygens (including phenoxy) is 1. The van der Waals surface area contributed by atoms with Gasteiger partial charge >= 0.3 is 0 Å². The Morgan fingerprint density at radius 1 is 1.12 bits per heavy atom. The Morgan fingerprint density at radius 2 is 1.96 bits per heavy atom. The highest BCUT2D eigenvalue weighted by Gasteiger charge is 2.17. The Balaban J connectivity index is 1.65. The predicted molar refractivity (Wildman–Crippen MR) is 104 cm³/mol. The first-order valence-corrected chi connectivity index (χ1v) is 9.96. The first-order chi connectivity index (χ1) is 11.8. The van der Waals surface area contributed by atoms with Gasteiger partial charge in [-0.1, -0.05) is 51.5 Å². The van der Waals surface area contributed by atoms with Crippen molar-refractivity contribution in [3.8, 4) is 5.75 Å². The van der Waals surface area contributed by atoms with E-state index in [0.29, 0.717) is 0 Å². The van der Waals surface area contributed by atoms with Crippen molar-refractivity contribution in [2.45, 2.75) is 70.8 Å². The summed E-state index contributed by atoms with van der Waals surface area (Å²) in [5.74, 6) is 0.983. The van der Waals surface area contributed by atoms with Crippen LogP contribution >= 0.6 is 0 Å². The van der Waals surface area contributed by atoms with Crippen molar-refractivity contribution >= 4 is 5.69 Å². The Bertz CT molecular complexity index is 443. The minimum atomic E-state index is 0.790. The third kappa shape index (κ3) is 7.12. The molecule has 3 heteroatoms. The fraction of sp³-hybridized carbons (Fsp3) is 0.714. The normalized spacial score (nSPS) is 15.6. The molecule has 0 unspecified atom stereocenters. The average molecular weight is 333 g/mol. The van der Waals surface area contributed by atoms with Gasteiger partial charge < -0.3 is 15.0 Å². The van der Waals surface area contributed by atoms with E-state index in [1.54, 1.807) is 0 Å². The van der Waals surface area contributed by atoms with Crippen molar-refractivity contribution in [1.82, 2.24) is 4.90 Å². The van der Waals surface area contributed by atoms with Gasteiger partial charge in [0.1, 0.15) is 5.75 Å². The number of hydrogen-bond donors (Lipinski definition) is 1. The van der Waals surface area contributed by atoms with Gasteiger partial charge in [0.15, 0.2) is 0 Å². The number of unbranched alkanes of at least 4 members (excludes halogenated alkanes) is 3. The zero-order valence-electron chi connectivity index (χ0n) is 15.7. The van der Waals surface area contributed by atoms with Gasteiger partial charge in [0, 0.05) is 30.9 Å². The molecule has 1 aliphatic carbocycles. The molecular formula is C21H36N2O. The molecule has 1 saturated carbocycles. The zero-order chi connectivity index (χ0) is 17.0.